The number of rotatable bonds is 6. The second-order valence-electron chi connectivity index (χ2n) is 4.19. The van der Waals surface area contributed by atoms with Gasteiger partial charge in [-0.1, -0.05) is 44.2 Å². The normalized spacial score (nSPS) is 13.1. The molecular weight excluding hydrogens is 186 g/mol. The van der Waals surface area contributed by atoms with Crippen LogP contribution in [0.15, 0.2) is 30.3 Å². The van der Waals surface area contributed by atoms with Crippen molar-refractivity contribution in [2.75, 3.05) is 20.2 Å². The second kappa shape index (κ2) is 6.59. The van der Waals surface area contributed by atoms with E-state index in [0.29, 0.717) is 5.92 Å². The fraction of sp³-hybridized carbons (Fsp3) is 0.538. The summed E-state index contributed by atoms with van der Waals surface area (Å²) in [5, 5.41) is 3.41. The molecule has 1 N–H and O–H groups in total. The Morgan fingerprint density at radius 1 is 1.13 bits per heavy atom. The van der Waals surface area contributed by atoms with Gasteiger partial charge in [0.2, 0.25) is 0 Å². The Hall–Kier alpha value is -0.860. The smallest absolute Gasteiger partial charge is 0.0945 e. The summed E-state index contributed by atoms with van der Waals surface area (Å²) in [6, 6.07) is 10.3. The molecule has 1 rings (SSSR count). The highest BCUT2D eigenvalue weighted by molar-refractivity contribution is 5.17. The number of nitrogens with one attached hydrogen (secondary N) is 1. The molecule has 0 radical (unpaired) electrons. The summed E-state index contributed by atoms with van der Waals surface area (Å²) >= 11 is 0. The first kappa shape index (κ1) is 12.2. The van der Waals surface area contributed by atoms with Crippen molar-refractivity contribution in [1.29, 1.82) is 0 Å². The standard InChI is InChI=1S/C13H21NO/c1-11(2)9-14-10-13(15-3)12-7-5-4-6-8-12/h4-8,11,13-14H,9-10H2,1-3H3. The van der Waals surface area contributed by atoms with Crippen LogP contribution >= 0.6 is 0 Å². The van der Waals surface area contributed by atoms with Crippen LogP contribution in [0.2, 0.25) is 0 Å². The van der Waals surface area contributed by atoms with Gasteiger partial charge in [0.05, 0.1) is 6.10 Å². The van der Waals surface area contributed by atoms with Gasteiger partial charge in [-0.25, -0.2) is 0 Å². The summed E-state index contributed by atoms with van der Waals surface area (Å²) in [5.74, 6) is 0.679. The topological polar surface area (TPSA) is 21.3 Å². The van der Waals surface area contributed by atoms with E-state index >= 15 is 0 Å². The van der Waals surface area contributed by atoms with E-state index in [9.17, 15) is 0 Å². The SMILES string of the molecule is COC(CNCC(C)C)c1ccccc1. The molecule has 0 spiro atoms. The van der Waals surface area contributed by atoms with Crippen LogP contribution in [0.1, 0.15) is 25.5 Å². The fourth-order valence-electron chi connectivity index (χ4n) is 1.51. The molecule has 0 bridgehead atoms. The third-order valence-electron chi connectivity index (χ3n) is 2.34. The van der Waals surface area contributed by atoms with Gasteiger partial charge in [0.1, 0.15) is 0 Å². The quantitative estimate of drug-likeness (QED) is 0.774. The fourth-order valence-corrected chi connectivity index (χ4v) is 1.51. The lowest BCUT2D eigenvalue weighted by Gasteiger charge is -2.17. The first-order valence-corrected chi connectivity index (χ1v) is 5.52. The average molecular weight is 207 g/mol. The lowest BCUT2D eigenvalue weighted by Crippen LogP contribution is -2.26. The summed E-state index contributed by atoms with van der Waals surface area (Å²) in [6.07, 6.45) is 0.157. The van der Waals surface area contributed by atoms with E-state index in [0.717, 1.165) is 13.1 Å². The Kier molecular flexibility index (Phi) is 5.37. The summed E-state index contributed by atoms with van der Waals surface area (Å²) < 4.78 is 5.46. The maximum absolute atomic E-state index is 5.46. The van der Waals surface area contributed by atoms with Crippen LogP contribution in [0.4, 0.5) is 0 Å². The molecule has 0 amide bonds. The van der Waals surface area contributed by atoms with Gasteiger partial charge < -0.3 is 10.1 Å². The number of hydrogen-bond donors (Lipinski definition) is 1. The molecule has 0 saturated heterocycles. The molecular formula is C13H21NO. The molecule has 0 heterocycles. The zero-order valence-corrected chi connectivity index (χ0v) is 9.86. The Labute approximate surface area is 92.6 Å². The third-order valence-corrected chi connectivity index (χ3v) is 2.34. The van der Waals surface area contributed by atoms with Gasteiger partial charge in [-0.3, -0.25) is 0 Å². The molecule has 1 aromatic rings. The highest BCUT2D eigenvalue weighted by Crippen LogP contribution is 2.14. The van der Waals surface area contributed by atoms with Crippen LogP contribution in [-0.2, 0) is 4.74 Å². The molecule has 0 fully saturated rings. The molecule has 1 atom stereocenters. The average Bonchev–Trinajstić information content (AvgIpc) is 2.25. The summed E-state index contributed by atoms with van der Waals surface area (Å²) in [6.45, 7) is 6.32. The third kappa shape index (κ3) is 4.45. The van der Waals surface area contributed by atoms with Crippen molar-refractivity contribution in [2.45, 2.75) is 20.0 Å². The van der Waals surface area contributed by atoms with Gasteiger partial charge in [-0.15, -0.1) is 0 Å². The Morgan fingerprint density at radius 3 is 2.33 bits per heavy atom. The van der Waals surface area contributed by atoms with Crippen molar-refractivity contribution in [3.05, 3.63) is 35.9 Å². The van der Waals surface area contributed by atoms with Gasteiger partial charge in [-0.05, 0) is 18.0 Å². The van der Waals surface area contributed by atoms with E-state index in [-0.39, 0.29) is 6.10 Å². The van der Waals surface area contributed by atoms with E-state index < -0.39 is 0 Å². The zero-order valence-electron chi connectivity index (χ0n) is 9.86. The van der Waals surface area contributed by atoms with Crippen molar-refractivity contribution in [3.63, 3.8) is 0 Å². The zero-order chi connectivity index (χ0) is 11.1. The highest BCUT2D eigenvalue weighted by atomic mass is 16.5. The predicted octanol–water partition coefficient (Wildman–Crippen LogP) is 2.62. The minimum absolute atomic E-state index is 0.157. The minimum atomic E-state index is 0.157. The lowest BCUT2D eigenvalue weighted by atomic mass is 10.1. The van der Waals surface area contributed by atoms with Gasteiger partial charge in [0, 0.05) is 13.7 Å². The molecule has 15 heavy (non-hydrogen) atoms. The summed E-state index contributed by atoms with van der Waals surface area (Å²) in [5.41, 5.74) is 1.23. The largest absolute Gasteiger partial charge is 0.375 e. The van der Waals surface area contributed by atoms with Crippen LogP contribution < -0.4 is 5.32 Å². The molecule has 0 aliphatic carbocycles. The van der Waals surface area contributed by atoms with E-state index in [2.05, 4.69) is 31.3 Å². The minimum Gasteiger partial charge on any atom is -0.375 e. The summed E-state index contributed by atoms with van der Waals surface area (Å²) in [4.78, 5) is 0. The monoisotopic (exact) mass is 207 g/mol. The van der Waals surface area contributed by atoms with Gasteiger partial charge >= 0.3 is 0 Å². The maximum atomic E-state index is 5.46. The van der Waals surface area contributed by atoms with Crippen LogP contribution in [0.5, 0.6) is 0 Å². The Morgan fingerprint density at radius 2 is 1.80 bits per heavy atom. The van der Waals surface area contributed by atoms with Crippen molar-refractivity contribution in [2.24, 2.45) is 5.92 Å². The number of methoxy groups -OCH3 is 1. The number of hydrogen-bond acceptors (Lipinski definition) is 2. The van der Waals surface area contributed by atoms with E-state index in [4.69, 9.17) is 4.74 Å². The van der Waals surface area contributed by atoms with Gasteiger partial charge in [0.15, 0.2) is 0 Å². The first-order valence-electron chi connectivity index (χ1n) is 5.52. The number of benzene rings is 1. The second-order valence-corrected chi connectivity index (χ2v) is 4.19. The predicted molar refractivity (Wildman–Crippen MR) is 63.9 cm³/mol. The van der Waals surface area contributed by atoms with Crippen LogP contribution in [0.3, 0.4) is 0 Å². The Bertz CT molecular complexity index is 258. The van der Waals surface area contributed by atoms with Crippen molar-refractivity contribution >= 4 is 0 Å². The van der Waals surface area contributed by atoms with Crippen LogP contribution in [-0.4, -0.2) is 20.2 Å². The molecule has 0 aromatic heterocycles. The molecule has 0 aliphatic rings. The number of ether oxygens (including phenoxy) is 1. The van der Waals surface area contributed by atoms with Crippen LogP contribution in [0, 0.1) is 5.92 Å². The molecule has 1 aromatic carbocycles. The molecule has 2 heteroatoms. The Balaban J connectivity index is 2.43. The van der Waals surface area contributed by atoms with E-state index in [1.807, 2.05) is 18.2 Å². The van der Waals surface area contributed by atoms with Crippen LogP contribution in [0.25, 0.3) is 0 Å². The molecule has 2 nitrogen and oxygen atoms in total. The first-order chi connectivity index (χ1) is 7.24. The lowest BCUT2D eigenvalue weighted by molar-refractivity contribution is 0.102. The van der Waals surface area contributed by atoms with E-state index in [1.54, 1.807) is 7.11 Å². The van der Waals surface area contributed by atoms with Crippen molar-refractivity contribution < 1.29 is 4.74 Å². The molecule has 1 unspecified atom stereocenters. The summed E-state index contributed by atoms with van der Waals surface area (Å²) in [7, 11) is 1.76. The van der Waals surface area contributed by atoms with E-state index in [1.165, 1.54) is 5.56 Å². The van der Waals surface area contributed by atoms with Crippen molar-refractivity contribution in [3.8, 4) is 0 Å². The molecule has 84 valence electrons. The van der Waals surface area contributed by atoms with Gasteiger partial charge in [0.25, 0.3) is 0 Å². The van der Waals surface area contributed by atoms with Crippen molar-refractivity contribution in [1.82, 2.24) is 5.32 Å². The highest BCUT2D eigenvalue weighted by Gasteiger charge is 2.08. The molecule has 0 saturated carbocycles. The van der Waals surface area contributed by atoms with Gasteiger partial charge in [-0.2, -0.15) is 0 Å². The molecule has 0 aliphatic heterocycles. The maximum Gasteiger partial charge on any atom is 0.0945 e.